The van der Waals surface area contributed by atoms with Crippen molar-refractivity contribution in [3.63, 3.8) is 0 Å². The van der Waals surface area contributed by atoms with Gasteiger partial charge >= 0.3 is 0 Å². The highest BCUT2D eigenvalue weighted by Gasteiger charge is 2.04. The van der Waals surface area contributed by atoms with Gasteiger partial charge in [0.05, 0.1) is 11.0 Å². The molecule has 0 aliphatic carbocycles. The number of rotatable bonds is 3. The number of nitrogens with zero attached hydrogens (tertiary/aromatic N) is 1. The van der Waals surface area contributed by atoms with Gasteiger partial charge in [0.15, 0.2) is 5.16 Å². The van der Waals surface area contributed by atoms with Crippen LogP contribution in [0.3, 0.4) is 0 Å². The highest BCUT2D eigenvalue weighted by Crippen LogP contribution is 2.24. The summed E-state index contributed by atoms with van der Waals surface area (Å²) in [4.78, 5) is 7.95. The van der Waals surface area contributed by atoms with E-state index in [1.807, 2.05) is 6.07 Å². The van der Waals surface area contributed by atoms with Gasteiger partial charge in [-0.15, -0.1) is 0 Å². The summed E-state index contributed by atoms with van der Waals surface area (Å²) in [6.07, 6.45) is 0. The number of aryl methyl sites for hydroxylation is 1. The van der Waals surface area contributed by atoms with Crippen molar-refractivity contribution < 1.29 is 0 Å². The average molecular weight is 333 g/mol. The third kappa shape index (κ3) is 3.01. The van der Waals surface area contributed by atoms with Crippen LogP contribution in [0.4, 0.5) is 0 Å². The largest absolute Gasteiger partial charge is 0.333 e. The number of aromatic nitrogens is 2. The van der Waals surface area contributed by atoms with Crippen LogP contribution in [0.25, 0.3) is 11.0 Å². The normalized spacial score (nSPS) is 11.1. The minimum absolute atomic E-state index is 0.915. The predicted molar refractivity (Wildman–Crippen MR) is 84.5 cm³/mol. The van der Waals surface area contributed by atoms with Gasteiger partial charge in [-0.25, -0.2) is 4.98 Å². The molecule has 3 aromatic rings. The second-order valence-electron chi connectivity index (χ2n) is 4.48. The lowest BCUT2D eigenvalue weighted by atomic mass is 10.2. The Morgan fingerprint density at radius 1 is 1.21 bits per heavy atom. The van der Waals surface area contributed by atoms with E-state index >= 15 is 0 Å². The Hall–Kier alpha value is -1.26. The summed E-state index contributed by atoms with van der Waals surface area (Å²) < 4.78 is 1.12. The standard InChI is InChI=1S/C15H13BrN2S/c1-10-5-6-13-14(7-10)18-15(17-13)19-9-11-3-2-4-12(16)8-11/h2-8H,9H2,1H3,(H,17,18). The van der Waals surface area contributed by atoms with Gasteiger partial charge in [0.2, 0.25) is 0 Å². The molecule has 0 saturated carbocycles. The molecule has 19 heavy (non-hydrogen) atoms. The van der Waals surface area contributed by atoms with Gasteiger partial charge in [-0.3, -0.25) is 0 Å². The van der Waals surface area contributed by atoms with Crippen LogP contribution in [0.1, 0.15) is 11.1 Å². The van der Waals surface area contributed by atoms with Gasteiger partial charge in [0.25, 0.3) is 0 Å². The van der Waals surface area contributed by atoms with E-state index < -0.39 is 0 Å². The molecular weight excluding hydrogens is 320 g/mol. The predicted octanol–water partition coefficient (Wildman–Crippen LogP) is 4.93. The number of hydrogen-bond acceptors (Lipinski definition) is 2. The second-order valence-corrected chi connectivity index (χ2v) is 6.36. The maximum atomic E-state index is 4.59. The number of H-pyrrole nitrogens is 1. The van der Waals surface area contributed by atoms with Crippen molar-refractivity contribution >= 4 is 38.7 Å². The highest BCUT2D eigenvalue weighted by atomic mass is 79.9. The molecule has 2 nitrogen and oxygen atoms in total. The molecule has 0 aliphatic heterocycles. The number of fused-ring (bicyclic) bond motifs is 1. The van der Waals surface area contributed by atoms with Gasteiger partial charge in [0.1, 0.15) is 0 Å². The van der Waals surface area contributed by atoms with Gasteiger partial charge in [-0.05, 0) is 42.3 Å². The lowest BCUT2D eigenvalue weighted by molar-refractivity contribution is 1.08. The molecule has 0 fully saturated rings. The first-order valence-corrected chi connectivity index (χ1v) is 7.82. The Labute approximate surface area is 124 Å². The zero-order chi connectivity index (χ0) is 13.2. The number of benzene rings is 2. The van der Waals surface area contributed by atoms with Crippen molar-refractivity contribution in [2.45, 2.75) is 17.8 Å². The summed E-state index contributed by atoms with van der Waals surface area (Å²) in [5, 5.41) is 0.973. The van der Waals surface area contributed by atoms with Crippen LogP contribution >= 0.6 is 27.7 Å². The van der Waals surface area contributed by atoms with E-state index in [0.29, 0.717) is 0 Å². The van der Waals surface area contributed by atoms with E-state index in [-0.39, 0.29) is 0 Å². The molecule has 0 atom stereocenters. The molecular formula is C15H13BrN2S. The minimum atomic E-state index is 0.915. The Bertz CT molecular complexity index is 721. The summed E-state index contributed by atoms with van der Waals surface area (Å²) in [7, 11) is 0. The Balaban J connectivity index is 1.78. The molecule has 2 aromatic carbocycles. The molecule has 0 bridgehead atoms. The van der Waals surface area contributed by atoms with Gasteiger partial charge in [-0.2, -0.15) is 0 Å². The zero-order valence-corrected chi connectivity index (χ0v) is 12.9. The molecule has 0 unspecified atom stereocenters. The molecule has 1 aromatic heterocycles. The molecule has 0 amide bonds. The maximum absolute atomic E-state index is 4.59. The maximum Gasteiger partial charge on any atom is 0.166 e. The van der Waals surface area contributed by atoms with Crippen molar-refractivity contribution in [3.05, 3.63) is 58.1 Å². The SMILES string of the molecule is Cc1ccc2nc(SCc3cccc(Br)c3)[nH]c2c1. The molecule has 96 valence electrons. The monoisotopic (exact) mass is 332 g/mol. The van der Waals surface area contributed by atoms with Crippen LogP contribution in [0.5, 0.6) is 0 Å². The van der Waals surface area contributed by atoms with Crippen molar-refractivity contribution in [1.82, 2.24) is 9.97 Å². The summed E-state index contributed by atoms with van der Waals surface area (Å²) in [6, 6.07) is 14.6. The number of imidazole rings is 1. The fraction of sp³-hybridized carbons (Fsp3) is 0.133. The Kier molecular flexibility index (Phi) is 3.62. The first-order chi connectivity index (χ1) is 9.20. The van der Waals surface area contributed by atoms with E-state index in [2.05, 4.69) is 69.2 Å². The Morgan fingerprint density at radius 3 is 2.95 bits per heavy atom. The summed E-state index contributed by atoms with van der Waals surface area (Å²) in [5.74, 6) is 0.915. The van der Waals surface area contributed by atoms with Crippen LogP contribution in [0, 0.1) is 6.92 Å². The molecule has 0 aliphatic rings. The van der Waals surface area contributed by atoms with Crippen LogP contribution in [-0.4, -0.2) is 9.97 Å². The van der Waals surface area contributed by atoms with E-state index in [1.54, 1.807) is 11.8 Å². The third-order valence-corrected chi connectivity index (χ3v) is 4.32. The third-order valence-electron chi connectivity index (χ3n) is 2.88. The molecule has 0 radical (unpaired) electrons. The molecule has 3 rings (SSSR count). The fourth-order valence-corrected chi connectivity index (χ4v) is 3.22. The summed E-state index contributed by atoms with van der Waals surface area (Å²) >= 11 is 5.22. The van der Waals surface area contributed by atoms with E-state index in [0.717, 1.165) is 26.4 Å². The summed E-state index contributed by atoms with van der Waals surface area (Å²) in [6.45, 7) is 2.09. The molecule has 1 heterocycles. The molecule has 0 saturated heterocycles. The van der Waals surface area contributed by atoms with Gasteiger partial charge in [0, 0.05) is 10.2 Å². The number of hydrogen-bond donors (Lipinski definition) is 1. The molecule has 1 N–H and O–H groups in total. The van der Waals surface area contributed by atoms with E-state index in [9.17, 15) is 0 Å². The van der Waals surface area contributed by atoms with Crippen LogP contribution < -0.4 is 0 Å². The Morgan fingerprint density at radius 2 is 2.11 bits per heavy atom. The zero-order valence-electron chi connectivity index (χ0n) is 10.5. The number of nitrogens with one attached hydrogen (secondary N) is 1. The van der Waals surface area contributed by atoms with Crippen molar-refractivity contribution in [1.29, 1.82) is 0 Å². The molecule has 4 heteroatoms. The second kappa shape index (κ2) is 5.39. The first kappa shape index (κ1) is 12.8. The van der Waals surface area contributed by atoms with E-state index in [4.69, 9.17) is 0 Å². The number of halogens is 1. The van der Waals surface area contributed by atoms with E-state index in [1.165, 1.54) is 11.1 Å². The van der Waals surface area contributed by atoms with Crippen LogP contribution in [-0.2, 0) is 5.75 Å². The van der Waals surface area contributed by atoms with Crippen LogP contribution in [0.15, 0.2) is 52.1 Å². The number of thioether (sulfide) groups is 1. The molecule has 0 spiro atoms. The van der Waals surface area contributed by atoms with Crippen molar-refractivity contribution in [2.24, 2.45) is 0 Å². The lowest BCUT2D eigenvalue weighted by Gasteiger charge is -1.99. The first-order valence-electron chi connectivity index (χ1n) is 6.04. The van der Waals surface area contributed by atoms with Gasteiger partial charge in [-0.1, -0.05) is 45.9 Å². The highest BCUT2D eigenvalue weighted by molar-refractivity contribution is 9.10. The summed E-state index contributed by atoms with van der Waals surface area (Å²) in [5.41, 5.74) is 4.68. The quantitative estimate of drug-likeness (QED) is 0.689. The average Bonchev–Trinajstić information content (AvgIpc) is 2.78. The van der Waals surface area contributed by atoms with Crippen molar-refractivity contribution in [3.8, 4) is 0 Å². The lowest BCUT2D eigenvalue weighted by Crippen LogP contribution is -1.81. The fourth-order valence-electron chi connectivity index (χ4n) is 1.95. The van der Waals surface area contributed by atoms with Gasteiger partial charge < -0.3 is 4.98 Å². The smallest absolute Gasteiger partial charge is 0.166 e. The topological polar surface area (TPSA) is 28.7 Å². The number of aromatic amines is 1. The minimum Gasteiger partial charge on any atom is -0.333 e. The van der Waals surface area contributed by atoms with Crippen molar-refractivity contribution in [2.75, 3.05) is 0 Å². The van der Waals surface area contributed by atoms with Crippen LogP contribution in [0.2, 0.25) is 0 Å².